The largest absolute Gasteiger partial charge is 0.480 e. The van der Waals surface area contributed by atoms with Gasteiger partial charge in [0.05, 0.1) is 11.1 Å². The summed E-state index contributed by atoms with van der Waals surface area (Å²) in [5, 5.41) is 17.8. The molecular weight excluding hydrogens is 428 g/mol. The second-order valence-electron chi connectivity index (χ2n) is 6.27. The van der Waals surface area contributed by atoms with Crippen LogP contribution in [0.15, 0.2) is 58.3 Å². The van der Waals surface area contributed by atoms with Crippen molar-refractivity contribution in [1.82, 2.24) is 9.80 Å². The van der Waals surface area contributed by atoms with E-state index in [0.717, 1.165) is 9.80 Å². The number of nitrogens with zero attached hydrogens (tertiary/aromatic N) is 2. The molecule has 0 atom stereocenters. The molecule has 0 saturated carbocycles. The smallest absolute Gasteiger partial charge is 0.323 e. The van der Waals surface area contributed by atoms with Crippen molar-refractivity contribution in [2.45, 2.75) is 9.79 Å². The highest BCUT2D eigenvalue weighted by Crippen LogP contribution is 2.40. The fourth-order valence-electron chi connectivity index (χ4n) is 2.48. The lowest BCUT2D eigenvalue weighted by molar-refractivity contribution is -0.138. The Bertz CT molecular complexity index is 888. The minimum absolute atomic E-state index is 0.352. The van der Waals surface area contributed by atoms with E-state index in [1.807, 2.05) is 0 Å². The third-order valence-corrected chi connectivity index (χ3v) is 6.38. The van der Waals surface area contributed by atoms with Crippen LogP contribution in [0.25, 0.3) is 0 Å². The van der Waals surface area contributed by atoms with Crippen molar-refractivity contribution in [2.75, 3.05) is 27.2 Å². The summed E-state index contributed by atoms with van der Waals surface area (Å²) in [5.74, 6) is -3.06. The fourth-order valence-corrected chi connectivity index (χ4v) is 4.83. The van der Waals surface area contributed by atoms with E-state index in [9.17, 15) is 19.2 Å². The average molecular weight is 449 g/mol. The predicted molar refractivity (Wildman–Crippen MR) is 114 cm³/mol. The first kappa shape index (κ1) is 23.3. The van der Waals surface area contributed by atoms with Crippen LogP contribution in [0.4, 0.5) is 0 Å². The monoisotopic (exact) mass is 448 g/mol. The normalized spacial score (nSPS) is 10.3. The molecule has 2 rings (SSSR count). The maximum atomic E-state index is 12.6. The Balaban J connectivity index is 2.21. The van der Waals surface area contributed by atoms with Crippen molar-refractivity contribution in [3.8, 4) is 0 Å². The van der Waals surface area contributed by atoms with Gasteiger partial charge in [0, 0.05) is 23.9 Å². The van der Waals surface area contributed by atoms with Gasteiger partial charge >= 0.3 is 11.9 Å². The van der Waals surface area contributed by atoms with Gasteiger partial charge in [-0.2, -0.15) is 0 Å². The quantitative estimate of drug-likeness (QED) is 0.563. The van der Waals surface area contributed by atoms with Crippen molar-refractivity contribution in [1.29, 1.82) is 0 Å². The number of rotatable bonds is 9. The van der Waals surface area contributed by atoms with Gasteiger partial charge in [-0.05, 0) is 24.3 Å². The lowest BCUT2D eigenvalue weighted by atomic mass is 10.2. The molecule has 0 aliphatic heterocycles. The maximum absolute atomic E-state index is 12.6. The zero-order chi connectivity index (χ0) is 22.3. The second kappa shape index (κ2) is 10.7. The second-order valence-corrected chi connectivity index (χ2v) is 8.48. The van der Waals surface area contributed by atoms with Crippen LogP contribution in [0.5, 0.6) is 0 Å². The summed E-state index contributed by atoms with van der Waals surface area (Å²) in [5.41, 5.74) is 0.705. The Hall–Kier alpha value is -2.98. The number of carbonyl (C=O) groups excluding carboxylic acids is 2. The summed E-state index contributed by atoms with van der Waals surface area (Å²) >= 11 is 0. The minimum Gasteiger partial charge on any atom is -0.480 e. The van der Waals surface area contributed by atoms with Crippen LogP contribution in [0.1, 0.15) is 20.7 Å². The minimum atomic E-state index is -1.11. The number of carbonyl (C=O) groups is 4. The molecule has 10 heteroatoms. The number of amides is 2. The van der Waals surface area contributed by atoms with Crippen molar-refractivity contribution in [3.05, 3.63) is 59.7 Å². The molecule has 2 amide bonds. The van der Waals surface area contributed by atoms with Gasteiger partial charge < -0.3 is 20.0 Å². The zero-order valence-electron chi connectivity index (χ0n) is 16.3. The van der Waals surface area contributed by atoms with E-state index in [4.69, 9.17) is 10.2 Å². The van der Waals surface area contributed by atoms with E-state index >= 15 is 0 Å². The Morgan fingerprint density at radius 3 is 1.37 bits per heavy atom. The van der Waals surface area contributed by atoms with Crippen LogP contribution in [0.3, 0.4) is 0 Å². The first-order chi connectivity index (χ1) is 14.2. The predicted octanol–water partition coefficient (Wildman–Crippen LogP) is 2.80. The standard InChI is InChI=1S/C20H20N2O6S2/c1-21(11-17(23)24)19(27)13-7-3-5-9-15(13)29-30-16-10-6-4-8-14(16)20(28)22(2)12-18(25)26/h3-10H,11-12H2,1-2H3,(H,23,24)(H,25,26). The first-order valence-corrected chi connectivity index (χ1v) is 10.8. The van der Waals surface area contributed by atoms with Gasteiger partial charge in [-0.3, -0.25) is 19.2 Å². The Labute approximate surface area is 181 Å². The summed E-state index contributed by atoms with van der Waals surface area (Å²) in [7, 11) is 5.34. The molecule has 8 nitrogen and oxygen atoms in total. The Morgan fingerprint density at radius 2 is 1.03 bits per heavy atom. The highest BCUT2D eigenvalue weighted by atomic mass is 33.1. The van der Waals surface area contributed by atoms with Gasteiger partial charge in [0.2, 0.25) is 0 Å². The van der Waals surface area contributed by atoms with Crippen molar-refractivity contribution in [2.24, 2.45) is 0 Å². The molecule has 0 radical (unpaired) electrons. The lowest BCUT2D eigenvalue weighted by Gasteiger charge is -2.18. The molecule has 0 saturated heterocycles. The number of hydrogen-bond acceptors (Lipinski definition) is 6. The van der Waals surface area contributed by atoms with Crippen LogP contribution in [-0.4, -0.2) is 71.0 Å². The molecule has 0 bridgehead atoms. The summed E-state index contributed by atoms with van der Waals surface area (Å²) < 4.78 is 0. The lowest BCUT2D eigenvalue weighted by Crippen LogP contribution is -2.32. The summed E-state index contributed by atoms with van der Waals surface area (Å²) in [4.78, 5) is 50.4. The molecule has 0 heterocycles. The third kappa shape index (κ3) is 6.26. The molecule has 0 fully saturated rings. The van der Waals surface area contributed by atoms with Gasteiger partial charge in [-0.1, -0.05) is 45.9 Å². The molecule has 0 aliphatic rings. The molecule has 2 N–H and O–H groups in total. The van der Waals surface area contributed by atoms with Gasteiger partial charge in [0.15, 0.2) is 0 Å². The highest BCUT2D eigenvalue weighted by Gasteiger charge is 2.20. The van der Waals surface area contributed by atoms with Crippen molar-refractivity contribution in [3.63, 3.8) is 0 Å². The summed E-state index contributed by atoms with van der Waals surface area (Å²) in [6.45, 7) is -0.837. The molecule has 158 valence electrons. The van der Waals surface area contributed by atoms with Crippen LogP contribution in [0, 0.1) is 0 Å². The molecule has 0 aromatic heterocycles. The number of aliphatic carboxylic acids is 2. The van der Waals surface area contributed by atoms with Crippen LogP contribution >= 0.6 is 21.6 Å². The van der Waals surface area contributed by atoms with Crippen LogP contribution < -0.4 is 0 Å². The molecule has 2 aromatic carbocycles. The Kier molecular flexibility index (Phi) is 8.31. The first-order valence-electron chi connectivity index (χ1n) is 8.67. The van der Waals surface area contributed by atoms with E-state index in [2.05, 4.69) is 0 Å². The number of likely N-dealkylation sites (N-methyl/N-ethyl adjacent to an activating group) is 2. The van der Waals surface area contributed by atoms with Crippen molar-refractivity contribution < 1.29 is 29.4 Å². The number of carboxylic acids is 2. The molecule has 0 spiro atoms. The van der Waals surface area contributed by atoms with Crippen LogP contribution in [0.2, 0.25) is 0 Å². The number of benzene rings is 2. The van der Waals surface area contributed by atoms with Gasteiger partial charge in [-0.15, -0.1) is 0 Å². The van der Waals surface area contributed by atoms with E-state index in [1.165, 1.54) is 35.7 Å². The van der Waals surface area contributed by atoms with Crippen molar-refractivity contribution >= 4 is 45.3 Å². The summed E-state index contributed by atoms with van der Waals surface area (Å²) in [6, 6.07) is 13.6. The number of hydrogen-bond donors (Lipinski definition) is 2. The molecule has 2 aromatic rings. The van der Waals surface area contributed by atoms with Gasteiger partial charge in [-0.25, -0.2) is 0 Å². The van der Waals surface area contributed by atoms with Gasteiger partial charge in [0.25, 0.3) is 11.8 Å². The SMILES string of the molecule is CN(CC(=O)O)C(=O)c1ccccc1SSc1ccccc1C(=O)N(C)CC(=O)O. The molecule has 0 unspecified atom stereocenters. The molecule has 0 aliphatic carbocycles. The maximum Gasteiger partial charge on any atom is 0.323 e. The zero-order valence-corrected chi connectivity index (χ0v) is 17.9. The Morgan fingerprint density at radius 1 is 0.700 bits per heavy atom. The third-order valence-electron chi connectivity index (χ3n) is 3.89. The van der Waals surface area contributed by atoms with E-state index in [-0.39, 0.29) is 0 Å². The van der Waals surface area contributed by atoms with E-state index in [0.29, 0.717) is 20.9 Å². The van der Waals surface area contributed by atoms with Gasteiger partial charge in [0.1, 0.15) is 13.1 Å². The molecular formula is C20H20N2O6S2. The molecule has 30 heavy (non-hydrogen) atoms. The topological polar surface area (TPSA) is 115 Å². The van der Waals surface area contributed by atoms with E-state index in [1.54, 1.807) is 48.5 Å². The summed E-state index contributed by atoms with van der Waals surface area (Å²) in [6.07, 6.45) is 0. The van der Waals surface area contributed by atoms with E-state index < -0.39 is 36.8 Å². The highest BCUT2D eigenvalue weighted by molar-refractivity contribution is 8.76. The fraction of sp³-hybridized carbons (Fsp3) is 0.200. The average Bonchev–Trinajstić information content (AvgIpc) is 2.70. The van der Waals surface area contributed by atoms with Crippen LogP contribution in [-0.2, 0) is 9.59 Å². The number of carboxylic acid groups (broad SMARTS) is 2.